The van der Waals surface area contributed by atoms with Crippen LogP contribution in [0.2, 0.25) is 0 Å². The fourth-order valence-corrected chi connectivity index (χ4v) is 3.15. The predicted molar refractivity (Wildman–Crippen MR) is 76.3 cm³/mol. The minimum atomic E-state index is 0.638. The SMILES string of the molecule is CCCOc1cc(N)cc(SC2CCOCC2)c1. The van der Waals surface area contributed by atoms with E-state index in [9.17, 15) is 0 Å². The molecule has 4 heteroatoms. The molecule has 1 aliphatic heterocycles. The van der Waals surface area contributed by atoms with Gasteiger partial charge in [-0.1, -0.05) is 6.92 Å². The lowest BCUT2D eigenvalue weighted by Gasteiger charge is -2.21. The summed E-state index contributed by atoms with van der Waals surface area (Å²) in [5, 5.41) is 0.638. The van der Waals surface area contributed by atoms with E-state index >= 15 is 0 Å². The number of ether oxygens (including phenoxy) is 2. The molecule has 18 heavy (non-hydrogen) atoms. The third kappa shape index (κ3) is 4.10. The Kier molecular flexibility index (Phi) is 5.20. The monoisotopic (exact) mass is 267 g/mol. The van der Waals surface area contributed by atoms with Crippen LogP contribution in [0.4, 0.5) is 5.69 Å². The normalized spacial score (nSPS) is 16.7. The zero-order valence-corrected chi connectivity index (χ0v) is 11.7. The Morgan fingerprint density at radius 3 is 2.83 bits per heavy atom. The molecule has 2 rings (SSSR count). The van der Waals surface area contributed by atoms with Gasteiger partial charge in [0.05, 0.1) is 6.61 Å². The van der Waals surface area contributed by atoms with E-state index in [1.165, 1.54) is 4.90 Å². The number of anilines is 1. The lowest BCUT2D eigenvalue weighted by Crippen LogP contribution is -2.17. The second kappa shape index (κ2) is 6.90. The van der Waals surface area contributed by atoms with Crippen molar-refractivity contribution in [3.8, 4) is 5.75 Å². The molecular formula is C14H21NO2S. The molecule has 2 N–H and O–H groups in total. The molecule has 1 fully saturated rings. The van der Waals surface area contributed by atoms with E-state index in [-0.39, 0.29) is 0 Å². The standard InChI is InChI=1S/C14H21NO2S/c1-2-5-17-12-8-11(15)9-14(10-12)18-13-3-6-16-7-4-13/h8-10,13H,2-7,15H2,1H3. The summed E-state index contributed by atoms with van der Waals surface area (Å²) in [5.74, 6) is 0.881. The number of thioether (sulfide) groups is 1. The van der Waals surface area contributed by atoms with Crippen LogP contribution >= 0.6 is 11.8 Å². The molecule has 0 amide bonds. The summed E-state index contributed by atoms with van der Waals surface area (Å²) >= 11 is 1.89. The van der Waals surface area contributed by atoms with Crippen LogP contribution < -0.4 is 10.5 Å². The van der Waals surface area contributed by atoms with Crippen LogP contribution in [0.5, 0.6) is 5.75 Å². The van der Waals surface area contributed by atoms with Gasteiger partial charge >= 0.3 is 0 Å². The molecule has 1 heterocycles. The van der Waals surface area contributed by atoms with Gasteiger partial charge in [0.25, 0.3) is 0 Å². The lowest BCUT2D eigenvalue weighted by atomic mass is 10.2. The van der Waals surface area contributed by atoms with Gasteiger partial charge in [0.1, 0.15) is 5.75 Å². The number of hydrogen-bond donors (Lipinski definition) is 1. The van der Waals surface area contributed by atoms with E-state index in [2.05, 4.69) is 13.0 Å². The maximum absolute atomic E-state index is 5.92. The van der Waals surface area contributed by atoms with Crippen LogP contribution in [0, 0.1) is 0 Å². The fourth-order valence-electron chi connectivity index (χ4n) is 1.95. The minimum Gasteiger partial charge on any atom is -0.493 e. The average molecular weight is 267 g/mol. The van der Waals surface area contributed by atoms with Crippen molar-refractivity contribution in [2.24, 2.45) is 0 Å². The number of nitrogens with two attached hydrogens (primary N) is 1. The van der Waals surface area contributed by atoms with Crippen LogP contribution in [0.15, 0.2) is 23.1 Å². The Bertz CT molecular complexity index is 378. The Balaban J connectivity index is 1.99. The van der Waals surface area contributed by atoms with E-state index in [1.807, 2.05) is 23.9 Å². The highest BCUT2D eigenvalue weighted by Gasteiger charge is 2.15. The van der Waals surface area contributed by atoms with Gasteiger partial charge < -0.3 is 15.2 Å². The van der Waals surface area contributed by atoms with E-state index in [0.717, 1.165) is 50.5 Å². The highest BCUT2D eigenvalue weighted by atomic mass is 32.2. The summed E-state index contributed by atoms with van der Waals surface area (Å²) in [5.41, 5.74) is 6.69. The van der Waals surface area contributed by atoms with Crippen molar-refractivity contribution < 1.29 is 9.47 Å². The number of benzene rings is 1. The summed E-state index contributed by atoms with van der Waals surface area (Å²) in [7, 11) is 0. The summed E-state index contributed by atoms with van der Waals surface area (Å²) in [6.07, 6.45) is 3.24. The van der Waals surface area contributed by atoms with Crippen LogP contribution in [-0.2, 0) is 4.74 Å². The van der Waals surface area contributed by atoms with E-state index in [1.54, 1.807) is 0 Å². The van der Waals surface area contributed by atoms with Gasteiger partial charge in [0, 0.05) is 35.1 Å². The summed E-state index contributed by atoms with van der Waals surface area (Å²) in [6.45, 7) is 4.59. The second-order valence-corrected chi connectivity index (χ2v) is 5.89. The maximum atomic E-state index is 5.92. The van der Waals surface area contributed by atoms with Gasteiger partial charge in [-0.15, -0.1) is 11.8 Å². The second-order valence-electron chi connectivity index (χ2n) is 4.52. The Morgan fingerprint density at radius 1 is 1.33 bits per heavy atom. The van der Waals surface area contributed by atoms with Crippen LogP contribution in [-0.4, -0.2) is 25.1 Å². The molecule has 3 nitrogen and oxygen atoms in total. The van der Waals surface area contributed by atoms with Crippen molar-refractivity contribution in [3.63, 3.8) is 0 Å². The van der Waals surface area contributed by atoms with Crippen molar-refractivity contribution in [2.75, 3.05) is 25.6 Å². The topological polar surface area (TPSA) is 44.5 Å². The van der Waals surface area contributed by atoms with Gasteiger partial charge in [-0.3, -0.25) is 0 Å². The molecule has 0 bridgehead atoms. The number of hydrogen-bond acceptors (Lipinski definition) is 4. The first-order chi connectivity index (χ1) is 8.78. The Morgan fingerprint density at radius 2 is 2.11 bits per heavy atom. The molecule has 1 saturated heterocycles. The quantitative estimate of drug-likeness (QED) is 0.831. The minimum absolute atomic E-state index is 0.638. The average Bonchev–Trinajstić information content (AvgIpc) is 2.37. The molecule has 0 spiro atoms. The first-order valence-corrected chi connectivity index (χ1v) is 7.43. The molecule has 0 aromatic heterocycles. The largest absolute Gasteiger partial charge is 0.493 e. The summed E-state index contributed by atoms with van der Waals surface area (Å²) in [4.78, 5) is 1.20. The zero-order chi connectivity index (χ0) is 12.8. The van der Waals surface area contributed by atoms with Gasteiger partial charge in [0.2, 0.25) is 0 Å². The van der Waals surface area contributed by atoms with E-state index in [4.69, 9.17) is 15.2 Å². The molecule has 1 aromatic carbocycles. The van der Waals surface area contributed by atoms with Crippen molar-refractivity contribution >= 4 is 17.4 Å². The van der Waals surface area contributed by atoms with Gasteiger partial charge in [-0.05, 0) is 31.4 Å². The molecule has 1 aliphatic rings. The molecule has 0 saturated carbocycles. The van der Waals surface area contributed by atoms with Gasteiger partial charge in [0.15, 0.2) is 0 Å². The van der Waals surface area contributed by atoms with Gasteiger partial charge in [-0.25, -0.2) is 0 Å². The molecule has 0 unspecified atom stereocenters. The Hall–Kier alpha value is -0.870. The van der Waals surface area contributed by atoms with Crippen molar-refractivity contribution in [3.05, 3.63) is 18.2 Å². The molecule has 1 aromatic rings. The van der Waals surface area contributed by atoms with Gasteiger partial charge in [-0.2, -0.15) is 0 Å². The van der Waals surface area contributed by atoms with Crippen molar-refractivity contribution in [1.82, 2.24) is 0 Å². The first kappa shape index (κ1) is 13.6. The molecular weight excluding hydrogens is 246 g/mol. The number of rotatable bonds is 5. The van der Waals surface area contributed by atoms with Crippen LogP contribution in [0.1, 0.15) is 26.2 Å². The fraction of sp³-hybridized carbons (Fsp3) is 0.571. The molecule has 0 radical (unpaired) electrons. The predicted octanol–water partition coefficient (Wildman–Crippen LogP) is 3.33. The number of nitrogen functional groups attached to an aromatic ring is 1. The molecule has 100 valence electrons. The smallest absolute Gasteiger partial charge is 0.122 e. The lowest BCUT2D eigenvalue weighted by molar-refractivity contribution is 0.100. The zero-order valence-electron chi connectivity index (χ0n) is 10.9. The van der Waals surface area contributed by atoms with E-state index < -0.39 is 0 Å². The first-order valence-electron chi connectivity index (χ1n) is 6.55. The highest BCUT2D eigenvalue weighted by molar-refractivity contribution is 8.00. The summed E-state index contributed by atoms with van der Waals surface area (Å²) in [6, 6.07) is 6.01. The third-order valence-corrected chi connectivity index (χ3v) is 4.16. The molecule has 0 aliphatic carbocycles. The summed E-state index contributed by atoms with van der Waals surface area (Å²) < 4.78 is 11.0. The Labute approximate surface area is 113 Å². The molecule has 0 atom stereocenters. The van der Waals surface area contributed by atoms with Crippen molar-refractivity contribution in [1.29, 1.82) is 0 Å². The van der Waals surface area contributed by atoms with Crippen LogP contribution in [0.3, 0.4) is 0 Å². The maximum Gasteiger partial charge on any atom is 0.122 e. The highest BCUT2D eigenvalue weighted by Crippen LogP contribution is 2.33. The third-order valence-electron chi connectivity index (χ3n) is 2.85. The van der Waals surface area contributed by atoms with E-state index in [0.29, 0.717) is 5.25 Å². The van der Waals surface area contributed by atoms with Crippen LogP contribution in [0.25, 0.3) is 0 Å². The van der Waals surface area contributed by atoms with Crippen molar-refractivity contribution in [2.45, 2.75) is 36.3 Å².